The van der Waals surface area contributed by atoms with Gasteiger partial charge < -0.3 is 30.7 Å². The van der Waals surface area contributed by atoms with Gasteiger partial charge in [-0.05, 0) is 19.3 Å². The Morgan fingerprint density at radius 2 is 1.96 bits per heavy atom. The molecule has 0 saturated carbocycles. The van der Waals surface area contributed by atoms with Gasteiger partial charge in [-0.25, -0.2) is 0 Å². The number of nitrogens with two attached hydrogens (primary N) is 1. The molecule has 0 amide bonds. The van der Waals surface area contributed by atoms with E-state index in [9.17, 15) is 20.1 Å². The number of hydrogen-bond donors (Lipinski definition) is 5. The van der Waals surface area contributed by atoms with Gasteiger partial charge in [0.15, 0.2) is 23.1 Å². The van der Waals surface area contributed by atoms with Gasteiger partial charge in [0.25, 0.3) is 5.56 Å². The maximum absolute atomic E-state index is 13.1. The van der Waals surface area contributed by atoms with Crippen LogP contribution in [0.3, 0.4) is 0 Å². The van der Waals surface area contributed by atoms with Crippen molar-refractivity contribution in [3.8, 4) is 0 Å². The molecule has 2 aromatic heterocycles. The van der Waals surface area contributed by atoms with Crippen LogP contribution in [0.15, 0.2) is 4.79 Å². The molecule has 13 nitrogen and oxygen atoms in total. The average molecular weight is 394 g/mol. The van der Waals surface area contributed by atoms with Crippen molar-refractivity contribution in [2.45, 2.75) is 43.8 Å². The monoisotopic (exact) mass is 394 g/mol. The second-order valence-electron chi connectivity index (χ2n) is 6.93. The standard InChI is InChI=1S/C15H22N8O5/c16-15(17)22-9-8(12(19-22)21-4-2-1-3-5-21)18-20-23(13(9)27)14-11(26)10(25)7(6-24)28-14/h7,10-11,14,24-26H,1-6H2,(H3,16,17). The van der Waals surface area contributed by atoms with E-state index in [1.807, 2.05) is 4.90 Å². The second-order valence-corrected chi connectivity index (χ2v) is 6.93. The highest BCUT2D eigenvalue weighted by molar-refractivity contribution is 5.94. The number of nitrogens with one attached hydrogen (secondary N) is 1. The van der Waals surface area contributed by atoms with Gasteiger partial charge >= 0.3 is 0 Å². The van der Waals surface area contributed by atoms with Crippen LogP contribution >= 0.6 is 0 Å². The van der Waals surface area contributed by atoms with Crippen molar-refractivity contribution in [3.63, 3.8) is 0 Å². The number of piperidine rings is 1. The minimum absolute atomic E-state index is 0.0687. The van der Waals surface area contributed by atoms with Gasteiger partial charge in [0, 0.05) is 13.1 Å². The van der Waals surface area contributed by atoms with E-state index < -0.39 is 42.7 Å². The van der Waals surface area contributed by atoms with Crippen molar-refractivity contribution in [1.82, 2.24) is 24.8 Å². The summed E-state index contributed by atoms with van der Waals surface area (Å²) >= 11 is 0. The summed E-state index contributed by atoms with van der Waals surface area (Å²) < 4.78 is 7.11. The van der Waals surface area contributed by atoms with Crippen molar-refractivity contribution in [3.05, 3.63) is 10.4 Å². The molecule has 4 rings (SSSR count). The van der Waals surface area contributed by atoms with Crippen LogP contribution in [-0.2, 0) is 4.74 Å². The summed E-state index contributed by atoms with van der Waals surface area (Å²) in [5.74, 6) is -0.0473. The molecular formula is C15H22N8O5. The van der Waals surface area contributed by atoms with Gasteiger partial charge in [0.2, 0.25) is 5.96 Å². The lowest BCUT2D eigenvalue weighted by Crippen LogP contribution is -2.38. The normalized spacial score (nSPS) is 28.2. The summed E-state index contributed by atoms with van der Waals surface area (Å²) in [5.41, 5.74) is 5.00. The van der Waals surface area contributed by atoms with Crippen LogP contribution in [0.5, 0.6) is 0 Å². The van der Waals surface area contributed by atoms with Gasteiger partial charge in [-0.15, -0.1) is 10.2 Å². The lowest BCUT2D eigenvalue weighted by atomic mass is 10.1. The number of hydrogen-bond acceptors (Lipinski definition) is 10. The average Bonchev–Trinajstić information content (AvgIpc) is 3.22. The van der Waals surface area contributed by atoms with E-state index in [0.29, 0.717) is 5.82 Å². The topological polar surface area (TPSA) is 189 Å². The predicted octanol–water partition coefficient (Wildman–Crippen LogP) is -2.67. The molecule has 13 heteroatoms. The maximum Gasteiger partial charge on any atom is 0.299 e. The molecule has 0 bridgehead atoms. The lowest BCUT2D eigenvalue weighted by Gasteiger charge is -2.26. The molecule has 4 heterocycles. The lowest BCUT2D eigenvalue weighted by molar-refractivity contribution is -0.0619. The molecule has 0 radical (unpaired) electrons. The number of anilines is 1. The molecule has 0 aromatic carbocycles. The molecule has 152 valence electrons. The van der Waals surface area contributed by atoms with Gasteiger partial charge in [-0.3, -0.25) is 10.2 Å². The summed E-state index contributed by atoms with van der Waals surface area (Å²) in [7, 11) is 0. The minimum Gasteiger partial charge on any atom is -0.394 e. The summed E-state index contributed by atoms with van der Waals surface area (Å²) in [6.07, 6.45) is -2.23. The Morgan fingerprint density at radius 1 is 1.25 bits per heavy atom. The molecular weight excluding hydrogens is 372 g/mol. The first-order chi connectivity index (χ1) is 13.4. The number of aliphatic hydroxyl groups is 3. The van der Waals surface area contributed by atoms with Crippen LogP contribution in [0, 0.1) is 5.41 Å². The predicted molar refractivity (Wildman–Crippen MR) is 96.0 cm³/mol. The summed E-state index contributed by atoms with van der Waals surface area (Å²) in [6.45, 7) is 0.941. The Kier molecular flexibility index (Phi) is 4.74. The van der Waals surface area contributed by atoms with Gasteiger partial charge in [-0.1, -0.05) is 5.21 Å². The highest BCUT2D eigenvalue weighted by Crippen LogP contribution is 2.29. The number of ether oxygens (including phenoxy) is 1. The van der Waals surface area contributed by atoms with Crippen molar-refractivity contribution < 1.29 is 20.1 Å². The molecule has 4 unspecified atom stereocenters. The van der Waals surface area contributed by atoms with Crippen LogP contribution in [0.25, 0.3) is 11.0 Å². The van der Waals surface area contributed by atoms with E-state index in [1.165, 1.54) is 0 Å². The number of aliphatic hydroxyl groups excluding tert-OH is 3. The Morgan fingerprint density at radius 3 is 2.57 bits per heavy atom. The third-order valence-electron chi connectivity index (χ3n) is 5.14. The molecule has 2 fully saturated rings. The first-order valence-corrected chi connectivity index (χ1v) is 9.04. The van der Waals surface area contributed by atoms with E-state index in [4.69, 9.17) is 15.9 Å². The maximum atomic E-state index is 13.1. The van der Waals surface area contributed by atoms with Crippen molar-refractivity contribution in [1.29, 1.82) is 5.41 Å². The molecule has 6 N–H and O–H groups in total. The molecule has 0 spiro atoms. The number of nitrogen functional groups attached to an aromatic ring is 1. The smallest absolute Gasteiger partial charge is 0.299 e. The van der Waals surface area contributed by atoms with Crippen LogP contribution < -0.4 is 16.2 Å². The third kappa shape index (κ3) is 2.83. The van der Waals surface area contributed by atoms with Crippen LogP contribution in [0.2, 0.25) is 0 Å². The van der Waals surface area contributed by atoms with Crippen molar-refractivity contribution in [2.24, 2.45) is 5.73 Å². The van der Waals surface area contributed by atoms with E-state index >= 15 is 0 Å². The first-order valence-electron chi connectivity index (χ1n) is 9.04. The number of fused-ring (bicyclic) bond motifs is 1. The van der Waals surface area contributed by atoms with Gasteiger partial charge in [0.1, 0.15) is 18.3 Å². The fourth-order valence-corrected chi connectivity index (χ4v) is 3.67. The van der Waals surface area contributed by atoms with Gasteiger partial charge in [0.05, 0.1) is 6.61 Å². The minimum atomic E-state index is -1.49. The Bertz CT molecular complexity index is 952. The Balaban J connectivity index is 1.84. The fourth-order valence-electron chi connectivity index (χ4n) is 3.67. The fraction of sp³-hybridized carbons (Fsp3) is 0.667. The van der Waals surface area contributed by atoms with Crippen LogP contribution in [0.4, 0.5) is 5.82 Å². The zero-order valence-corrected chi connectivity index (χ0v) is 15.0. The van der Waals surface area contributed by atoms with E-state index in [-0.39, 0.29) is 11.0 Å². The summed E-state index contributed by atoms with van der Waals surface area (Å²) in [5, 5.41) is 49.3. The first kappa shape index (κ1) is 18.7. The van der Waals surface area contributed by atoms with Gasteiger partial charge in [-0.2, -0.15) is 9.36 Å². The second kappa shape index (κ2) is 7.09. The summed E-state index contributed by atoms with van der Waals surface area (Å²) in [4.78, 5) is 15.0. The van der Waals surface area contributed by atoms with Crippen LogP contribution in [0.1, 0.15) is 25.5 Å². The zero-order valence-electron chi connectivity index (χ0n) is 15.0. The molecule has 2 aliphatic rings. The SMILES string of the molecule is N=C(N)n1nc(N2CCCCC2)c2nnn(C3OC(CO)C(O)C3O)c(=O)c21. The highest BCUT2D eigenvalue weighted by atomic mass is 16.6. The molecule has 4 atom stereocenters. The molecule has 28 heavy (non-hydrogen) atoms. The summed E-state index contributed by atoms with van der Waals surface area (Å²) in [6, 6.07) is 0. The molecule has 2 aliphatic heterocycles. The van der Waals surface area contributed by atoms with Crippen molar-refractivity contribution >= 4 is 22.8 Å². The van der Waals surface area contributed by atoms with E-state index in [1.54, 1.807) is 0 Å². The quantitative estimate of drug-likeness (QED) is 0.271. The Hall–Kier alpha value is -2.61. The number of aromatic nitrogens is 5. The molecule has 2 aromatic rings. The van der Waals surface area contributed by atoms with Crippen LogP contribution in [-0.4, -0.2) is 84.1 Å². The van der Waals surface area contributed by atoms with Crippen molar-refractivity contribution in [2.75, 3.05) is 24.6 Å². The third-order valence-corrected chi connectivity index (χ3v) is 5.14. The molecule has 2 saturated heterocycles. The zero-order chi connectivity index (χ0) is 20.0. The largest absolute Gasteiger partial charge is 0.394 e. The number of nitrogens with zero attached hydrogens (tertiary/aromatic N) is 6. The highest BCUT2D eigenvalue weighted by Gasteiger charge is 2.45. The number of rotatable bonds is 3. The van der Waals surface area contributed by atoms with E-state index in [2.05, 4.69) is 15.4 Å². The van der Waals surface area contributed by atoms with E-state index in [0.717, 1.165) is 41.7 Å². The molecule has 0 aliphatic carbocycles. The Labute approximate surface area is 158 Å².